The molecule has 2 aromatic carbocycles. The van der Waals surface area contributed by atoms with Crippen LogP contribution in [0.2, 0.25) is 10.0 Å². The van der Waals surface area contributed by atoms with Gasteiger partial charge in [0.15, 0.2) is 0 Å². The quantitative estimate of drug-likeness (QED) is 0.671. The molecule has 4 rings (SSSR count). The Morgan fingerprint density at radius 1 is 1.12 bits per heavy atom. The van der Waals surface area contributed by atoms with Crippen LogP contribution in [0, 0.1) is 0 Å². The van der Waals surface area contributed by atoms with Gasteiger partial charge in [0.05, 0.1) is 22.0 Å². The zero-order valence-corrected chi connectivity index (χ0v) is 15.3. The molecule has 0 fully saturated rings. The fourth-order valence-electron chi connectivity index (χ4n) is 2.75. The lowest BCUT2D eigenvalue weighted by Crippen LogP contribution is -2.16. The number of para-hydroxylation sites is 1. The number of hydrogen-bond acceptors (Lipinski definition) is 3. The van der Waals surface area contributed by atoms with Gasteiger partial charge in [0.25, 0.3) is 5.91 Å². The molecule has 1 aliphatic rings. The number of benzene rings is 2. The molecule has 1 N–H and O–H groups in total. The van der Waals surface area contributed by atoms with Gasteiger partial charge in [-0.2, -0.15) is 16.9 Å². The van der Waals surface area contributed by atoms with Gasteiger partial charge in [-0.15, -0.1) is 0 Å². The van der Waals surface area contributed by atoms with E-state index in [0.29, 0.717) is 21.4 Å². The number of amides is 1. The van der Waals surface area contributed by atoms with Crippen molar-refractivity contribution in [3.8, 4) is 5.69 Å². The SMILES string of the molecule is O=C(Nc1c2c(nn1-c1ccccc1)CSC2)c1ccc(Cl)cc1Cl. The first kappa shape index (κ1) is 16.5. The molecule has 0 unspecified atom stereocenters. The highest BCUT2D eigenvalue weighted by Crippen LogP contribution is 2.36. The van der Waals surface area contributed by atoms with Crippen molar-refractivity contribution in [3.05, 3.63) is 75.4 Å². The summed E-state index contributed by atoms with van der Waals surface area (Å²) >= 11 is 13.9. The molecule has 2 heterocycles. The molecule has 1 aromatic heterocycles. The normalized spacial score (nSPS) is 12.9. The number of fused-ring (bicyclic) bond motifs is 1. The van der Waals surface area contributed by atoms with Gasteiger partial charge in [-0.05, 0) is 30.3 Å². The minimum absolute atomic E-state index is 0.279. The van der Waals surface area contributed by atoms with E-state index in [9.17, 15) is 4.79 Å². The van der Waals surface area contributed by atoms with E-state index in [1.807, 2.05) is 30.3 Å². The average molecular weight is 390 g/mol. The van der Waals surface area contributed by atoms with Crippen molar-refractivity contribution in [3.63, 3.8) is 0 Å². The number of carbonyl (C=O) groups is 1. The van der Waals surface area contributed by atoms with E-state index in [1.54, 1.807) is 34.6 Å². The maximum atomic E-state index is 12.7. The topological polar surface area (TPSA) is 46.9 Å². The molecule has 0 atom stereocenters. The van der Waals surface area contributed by atoms with Crippen molar-refractivity contribution in [2.45, 2.75) is 11.5 Å². The van der Waals surface area contributed by atoms with Crippen LogP contribution in [0.5, 0.6) is 0 Å². The fourth-order valence-corrected chi connectivity index (χ4v) is 4.28. The summed E-state index contributed by atoms with van der Waals surface area (Å²) in [6.07, 6.45) is 0. The summed E-state index contributed by atoms with van der Waals surface area (Å²) in [6.45, 7) is 0. The number of nitrogens with zero attached hydrogens (tertiary/aromatic N) is 2. The van der Waals surface area contributed by atoms with Crippen LogP contribution >= 0.6 is 35.0 Å². The third kappa shape index (κ3) is 3.15. The predicted molar refractivity (Wildman–Crippen MR) is 103 cm³/mol. The average Bonchev–Trinajstić information content (AvgIpc) is 3.18. The summed E-state index contributed by atoms with van der Waals surface area (Å²) in [5.41, 5.74) is 3.35. The lowest BCUT2D eigenvalue weighted by molar-refractivity contribution is 0.102. The van der Waals surface area contributed by atoms with Crippen molar-refractivity contribution in [2.24, 2.45) is 0 Å². The second kappa shape index (κ2) is 6.75. The van der Waals surface area contributed by atoms with Crippen molar-refractivity contribution in [2.75, 3.05) is 5.32 Å². The van der Waals surface area contributed by atoms with Gasteiger partial charge in [-0.1, -0.05) is 41.4 Å². The van der Waals surface area contributed by atoms with Crippen LogP contribution < -0.4 is 5.32 Å². The van der Waals surface area contributed by atoms with Gasteiger partial charge in [-0.25, -0.2) is 4.68 Å². The summed E-state index contributed by atoms with van der Waals surface area (Å²) in [6, 6.07) is 14.6. The maximum Gasteiger partial charge on any atom is 0.258 e. The Kier molecular flexibility index (Phi) is 4.46. The summed E-state index contributed by atoms with van der Waals surface area (Å²) in [4.78, 5) is 12.7. The van der Waals surface area contributed by atoms with Crippen molar-refractivity contribution in [1.29, 1.82) is 0 Å². The van der Waals surface area contributed by atoms with Crippen LogP contribution in [0.25, 0.3) is 5.69 Å². The van der Waals surface area contributed by atoms with Crippen molar-refractivity contribution >= 4 is 46.7 Å². The molecule has 7 heteroatoms. The smallest absolute Gasteiger partial charge is 0.258 e. The van der Waals surface area contributed by atoms with E-state index < -0.39 is 0 Å². The number of aromatic nitrogens is 2. The van der Waals surface area contributed by atoms with Gasteiger partial charge in [0.2, 0.25) is 0 Å². The third-order valence-corrected chi connectivity index (χ3v) is 5.48. The van der Waals surface area contributed by atoms with E-state index >= 15 is 0 Å². The Balaban J connectivity index is 1.74. The predicted octanol–water partition coefficient (Wildman–Crippen LogP) is 5.18. The third-order valence-electron chi connectivity index (χ3n) is 3.96. The summed E-state index contributed by atoms with van der Waals surface area (Å²) in [7, 11) is 0. The first-order valence-electron chi connectivity index (χ1n) is 7.64. The number of nitrogens with one attached hydrogen (secondary N) is 1. The van der Waals surface area contributed by atoms with Gasteiger partial charge in [0.1, 0.15) is 5.82 Å². The van der Waals surface area contributed by atoms with Crippen molar-refractivity contribution < 1.29 is 4.79 Å². The van der Waals surface area contributed by atoms with E-state index in [1.165, 1.54) is 0 Å². The fraction of sp³-hybridized carbons (Fsp3) is 0.111. The molecule has 1 amide bonds. The summed E-state index contributed by atoms with van der Waals surface area (Å²) < 4.78 is 1.78. The Labute approximate surface area is 159 Å². The second-order valence-corrected chi connectivity index (χ2v) is 7.42. The molecule has 0 bridgehead atoms. The van der Waals surface area contributed by atoms with Crippen LogP contribution in [0.15, 0.2) is 48.5 Å². The Hall–Kier alpha value is -1.95. The number of anilines is 1. The Bertz CT molecular complexity index is 956. The number of rotatable bonds is 3. The molecule has 0 aliphatic carbocycles. The van der Waals surface area contributed by atoms with E-state index in [-0.39, 0.29) is 5.91 Å². The van der Waals surface area contributed by atoms with E-state index in [4.69, 9.17) is 23.2 Å². The molecule has 1 aliphatic heterocycles. The molecular weight excluding hydrogens is 377 g/mol. The van der Waals surface area contributed by atoms with Crippen LogP contribution in [0.3, 0.4) is 0 Å². The molecule has 3 aromatic rings. The Morgan fingerprint density at radius 2 is 1.92 bits per heavy atom. The van der Waals surface area contributed by atoms with Gasteiger partial charge < -0.3 is 5.32 Å². The first-order valence-corrected chi connectivity index (χ1v) is 9.55. The van der Waals surface area contributed by atoms with Gasteiger partial charge >= 0.3 is 0 Å². The zero-order valence-electron chi connectivity index (χ0n) is 13.0. The molecular formula is C18H13Cl2N3OS. The van der Waals surface area contributed by atoms with Gasteiger partial charge in [0, 0.05) is 22.1 Å². The van der Waals surface area contributed by atoms with E-state index in [2.05, 4.69) is 10.4 Å². The van der Waals surface area contributed by atoms with Gasteiger partial charge in [-0.3, -0.25) is 4.79 Å². The van der Waals surface area contributed by atoms with Crippen LogP contribution in [0.4, 0.5) is 5.82 Å². The monoisotopic (exact) mass is 389 g/mol. The molecule has 25 heavy (non-hydrogen) atoms. The zero-order chi connectivity index (χ0) is 17.4. The lowest BCUT2D eigenvalue weighted by atomic mass is 10.2. The summed E-state index contributed by atoms with van der Waals surface area (Å²) in [5, 5.41) is 8.47. The molecule has 0 saturated carbocycles. The standard InChI is InChI=1S/C18H13Cl2N3OS/c19-11-6-7-13(15(20)8-11)18(24)21-17-14-9-25-10-16(14)22-23(17)12-4-2-1-3-5-12/h1-8H,9-10H2,(H,21,24). The minimum Gasteiger partial charge on any atom is -0.306 e. The number of carbonyl (C=O) groups excluding carboxylic acids is 1. The maximum absolute atomic E-state index is 12.7. The van der Waals surface area contributed by atoms with Crippen molar-refractivity contribution in [1.82, 2.24) is 9.78 Å². The summed E-state index contributed by atoms with van der Waals surface area (Å²) in [5.74, 6) is 2.09. The highest BCUT2D eigenvalue weighted by atomic mass is 35.5. The highest BCUT2D eigenvalue weighted by molar-refractivity contribution is 7.98. The molecule has 0 saturated heterocycles. The highest BCUT2D eigenvalue weighted by Gasteiger charge is 2.25. The number of thioether (sulfide) groups is 1. The minimum atomic E-state index is -0.279. The molecule has 126 valence electrons. The van der Waals surface area contributed by atoms with Crippen LogP contribution in [0.1, 0.15) is 21.6 Å². The Morgan fingerprint density at radius 3 is 2.68 bits per heavy atom. The van der Waals surface area contributed by atoms with E-state index in [0.717, 1.165) is 28.5 Å². The van der Waals surface area contributed by atoms with Crippen LogP contribution in [-0.4, -0.2) is 15.7 Å². The van der Waals surface area contributed by atoms with Crippen LogP contribution in [-0.2, 0) is 11.5 Å². The molecule has 0 spiro atoms. The largest absolute Gasteiger partial charge is 0.306 e. The molecule has 0 radical (unpaired) electrons. The second-order valence-electron chi connectivity index (χ2n) is 5.59. The first-order chi connectivity index (χ1) is 12.1. The lowest BCUT2D eigenvalue weighted by Gasteiger charge is -2.12. The molecule has 4 nitrogen and oxygen atoms in total. The number of halogens is 2. The number of hydrogen-bond donors (Lipinski definition) is 1.